The zero-order valence-corrected chi connectivity index (χ0v) is 11.5. The topological polar surface area (TPSA) is 78.2 Å². The van der Waals surface area contributed by atoms with Gasteiger partial charge in [-0.05, 0) is 37.1 Å². The van der Waals surface area contributed by atoms with Gasteiger partial charge < -0.3 is 0 Å². The van der Waals surface area contributed by atoms with E-state index in [0.29, 0.717) is 24.0 Å². The van der Waals surface area contributed by atoms with Crippen LogP contribution in [0.1, 0.15) is 39.5 Å². The first-order valence-electron chi connectivity index (χ1n) is 6.36. The van der Waals surface area contributed by atoms with Crippen molar-refractivity contribution in [2.45, 2.75) is 45.6 Å². The van der Waals surface area contributed by atoms with Crippen molar-refractivity contribution in [1.29, 1.82) is 0 Å². The van der Waals surface area contributed by atoms with Gasteiger partial charge in [0, 0.05) is 32.7 Å². The Labute approximate surface area is 104 Å². The predicted molar refractivity (Wildman–Crippen MR) is 71.4 cm³/mol. The molecule has 0 aromatic rings. The van der Waals surface area contributed by atoms with Crippen molar-refractivity contribution in [3.63, 3.8) is 0 Å². The van der Waals surface area contributed by atoms with Gasteiger partial charge in [0.05, 0.1) is 6.04 Å². The normalized spacial score (nSPS) is 25.1. The van der Waals surface area contributed by atoms with Gasteiger partial charge in [0.2, 0.25) is 0 Å². The van der Waals surface area contributed by atoms with E-state index in [2.05, 4.69) is 14.4 Å². The predicted octanol–water partition coefficient (Wildman–Crippen LogP) is 3.36. The van der Waals surface area contributed by atoms with E-state index in [1.165, 1.54) is 0 Å². The van der Waals surface area contributed by atoms with Gasteiger partial charge in [0.25, 0.3) is 0 Å². The molecule has 1 fully saturated rings. The highest BCUT2D eigenvalue weighted by atomic mass is 32.2. The molecular weight excluding hydrogens is 236 g/mol. The van der Waals surface area contributed by atoms with Crippen molar-refractivity contribution in [3.8, 4) is 0 Å². The minimum atomic E-state index is -1.96. The molecule has 0 atom stereocenters. The van der Waals surface area contributed by atoms with Crippen molar-refractivity contribution in [2.75, 3.05) is 18.1 Å². The molecule has 0 aromatic carbocycles. The Hall–Kier alpha value is -0.740. The molecule has 1 saturated carbocycles. The van der Waals surface area contributed by atoms with E-state index >= 15 is 0 Å². The summed E-state index contributed by atoms with van der Waals surface area (Å²) in [5.41, 5.74) is 8.27. The van der Waals surface area contributed by atoms with Gasteiger partial charge in [0.15, 0.2) is 0 Å². The molecule has 1 rings (SSSR count). The van der Waals surface area contributed by atoms with Gasteiger partial charge in [-0.2, -0.15) is 0 Å². The van der Waals surface area contributed by atoms with E-state index in [1.807, 2.05) is 13.8 Å². The number of hydrogen-bond acceptors (Lipinski definition) is 3. The third-order valence-corrected chi connectivity index (χ3v) is 5.95. The molecule has 17 heavy (non-hydrogen) atoms. The van der Waals surface area contributed by atoms with Gasteiger partial charge in [-0.15, -0.1) is 0 Å². The lowest BCUT2D eigenvalue weighted by atomic mass is 9.87. The summed E-state index contributed by atoms with van der Waals surface area (Å²) in [4.78, 5) is 2.79. The van der Waals surface area contributed by atoms with Crippen LogP contribution in [-0.4, -0.2) is 28.3 Å². The zero-order chi connectivity index (χ0) is 12.7. The van der Waals surface area contributed by atoms with Crippen LogP contribution in [-0.2, 0) is 9.73 Å². The van der Waals surface area contributed by atoms with Crippen LogP contribution in [0.4, 0.5) is 0 Å². The van der Waals surface area contributed by atoms with Crippen LogP contribution in [0.2, 0.25) is 0 Å². The van der Waals surface area contributed by atoms with Crippen molar-refractivity contribution < 1.29 is 4.21 Å². The van der Waals surface area contributed by atoms with E-state index in [9.17, 15) is 4.21 Å². The first kappa shape index (κ1) is 14.3. The molecule has 1 aliphatic carbocycles. The number of hydrogen-bond donors (Lipinski definition) is 0. The molecule has 0 bridgehead atoms. The summed E-state index contributed by atoms with van der Waals surface area (Å²) in [5, 5.41) is 3.62. The summed E-state index contributed by atoms with van der Waals surface area (Å²) in [6, 6.07) is 0.254. The summed E-state index contributed by atoms with van der Waals surface area (Å²) in [6.45, 7) is 4.49. The summed E-state index contributed by atoms with van der Waals surface area (Å²) in [6.07, 6.45) is 4.05. The molecule has 1 aliphatic rings. The van der Waals surface area contributed by atoms with Crippen molar-refractivity contribution in [2.24, 2.45) is 15.4 Å². The molecule has 6 heteroatoms. The second kappa shape index (κ2) is 6.87. The molecule has 0 N–H and O–H groups in total. The minimum absolute atomic E-state index is 0.254. The number of rotatable bonds is 5. The Balaban J connectivity index is 2.52. The third kappa shape index (κ3) is 4.56. The lowest BCUT2D eigenvalue weighted by Crippen LogP contribution is -2.21. The molecule has 98 valence electrons. The summed E-state index contributed by atoms with van der Waals surface area (Å²) < 4.78 is 16.8. The molecule has 0 aromatic heterocycles. The van der Waals surface area contributed by atoms with Gasteiger partial charge in [-0.25, -0.2) is 8.57 Å². The Morgan fingerprint density at radius 2 is 1.82 bits per heavy atom. The zero-order valence-electron chi connectivity index (χ0n) is 10.7. The summed E-state index contributed by atoms with van der Waals surface area (Å²) in [5.74, 6) is 1.81. The highest BCUT2D eigenvalue weighted by Crippen LogP contribution is 2.27. The Bertz CT molecular complexity index is 376. The number of azide groups is 1. The summed E-state index contributed by atoms with van der Waals surface area (Å²) >= 11 is 0. The van der Waals surface area contributed by atoms with Crippen LogP contribution in [0.15, 0.2) is 9.48 Å². The fraction of sp³-hybridized carbons (Fsp3) is 1.00. The molecule has 0 amide bonds. The Morgan fingerprint density at radius 1 is 1.24 bits per heavy atom. The number of nitrogens with zero attached hydrogens (tertiary/aromatic N) is 4. The maximum absolute atomic E-state index is 12.2. The van der Waals surface area contributed by atoms with Gasteiger partial charge in [-0.3, -0.25) is 0 Å². The molecule has 0 spiro atoms. The third-order valence-electron chi connectivity index (χ3n) is 3.46. The van der Waals surface area contributed by atoms with Crippen molar-refractivity contribution in [1.82, 2.24) is 0 Å². The standard InChI is InChI=1S/C11H22N4OS/c1-3-17(16,4-2)14-11-7-5-10(6-8-11)9-13-15-12/h10-11H,3-9H2,1-2H3. The molecular formula is C11H22N4OS. The SMILES string of the molecule is CCS(=O)(CC)=NC1CCC(CN=[N+]=[N-])CC1. The molecule has 0 unspecified atom stereocenters. The molecule has 0 radical (unpaired) electrons. The summed E-state index contributed by atoms with van der Waals surface area (Å²) in [7, 11) is -1.96. The monoisotopic (exact) mass is 258 g/mol. The molecule has 5 nitrogen and oxygen atoms in total. The highest BCUT2D eigenvalue weighted by molar-refractivity contribution is 7.93. The van der Waals surface area contributed by atoms with Crippen LogP contribution in [0.5, 0.6) is 0 Å². The van der Waals surface area contributed by atoms with Crippen LogP contribution < -0.4 is 0 Å². The van der Waals surface area contributed by atoms with E-state index < -0.39 is 9.73 Å². The Morgan fingerprint density at radius 3 is 2.29 bits per heavy atom. The maximum Gasteiger partial charge on any atom is 0.0594 e. The quantitative estimate of drug-likeness (QED) is 0.423. The van der Waals surface area contributed by atoms with Crippen LogP contribution in [0.3, 0.4) is 0 Å². The average molecular weight is 258 g/mol. The van der Waals surface area contributed by atoms with E-state index in [0.717, 1.165) is 25.7 Å². The second-order valence-corrected chi connectivity index (χ2v) is 7.45. The lowest BCUT2D eigenvalue weighted by Gasteiger charge is -2.25. The molecule has 0 aliphatic heterocycles. The minimum Gasteiger partial charge on any atom is -0.250 e. The van der Waals surface area contributed by atoms with Crippen molar-refractivity contribution in [3.05, 3.63) is 10.4 Å². The molecule has 0 heterocycles. The van der Waals surface area contributed by atoms with Gasteiger partial charge >= 0.3 is 0 Å². The van der Waals surface area contributed by atoms with Crippen LogP contribution >= 0.6 is 0 Å². The first-order valence-corrected chi connectivity index (χ1v) is 8.21. The maximum atomic E-state index is 12.2. The van der Waals surface area contributed by atoms with Crippen LogP contribution in [0.25, 0.3) is 10.4 Å². The first-order chi connectivity index (χ1) is 8.13. The van der Waals surface area contributed by atoms with E-state index in [-0.39, 0.29) is 6.04 Å². The fourth-order valence-electron chi connectivity index (χ4n) is 2.21. The van der Waals surface area contributed by atoms with Gasteiger partial charge in [-0.1, -0.05) is 19.0 Å². The fourth-order valence-corrected chi connectivity index (χ4v) is 3.67. The van der Waals surface area contributed by atoms with Crippen molar-refractivity contribution >= 4 is 9.73 Å². The largest absolute Gasteiger partial charge is 0.250 e. The highest BCUT2D eigenvalue weighted by Gasteiger charge is 2.21. The van der Waals surface area contributed by atoms with Gasteiger partial charge in [0.1, 0.15) is 0 Å². The Kier molecular flexibility index (Phi) is 5.78. The second-order valence-electron chi connectivity index (χ2n) is 4.54. The van der Waals surface area contributed by atoms with E-state index in [1.54, 1.807) is 0 Å². The van der Waals surface area contributed by atoms with Crippen LogP contribution in [0, 0.1) is 5.92 Å². The average Bonchev–Trinajstić information content (AvgIpc) is 2.38. The molecule has 0 saturated heterocycles. The smallest absolute Gasteiger partial charge is 0.0594 e. The van der Waals surface area contributed by atoms with E-state index in [4.69, 9.17) is 5.53 Å². The lowest BCUT2D eigenvalue weighted by molar-refractivity contribution is 0.335.